The van der Waals surface area contributed by atoms with Crippen molar-refractivity contribution < 1.29 is 13.2 Å². The van der Waals surface area contributed by atoms with Crippen LogP contribution >= 0.6 is 22.9 Å². The van der Waals surface area contributed by atoms with Crippen LogP contribution in [-0.2, 0) is 16.4 Å². The van der Waals surface area contributed by atoms with Crippen molar-refractivity contribution in [1.82, 2.24) is 10.0 Å². The first-order valence-electron chi connectivity index (χ1n) is 7.53. The van der Waals surface area contributed by atoms with Gasteiger partial charge in [0, 0.05) is 5.02 Å². The number of thiophene rings is 1. The minimum absolute atomic E-state index is 0.0787. The van der Waals surface area contributed by atoms with Gasteiger partial charge >= 0.3 is 0 Å². The molecule has 2 aromatic rings. The van der Waals surface area contributed by atoms with Gasteiger partial charge in [-0.25, -0.2) is 13.1 Å². The Morgan fingerprint density at radius 3 is 2.83 bits per heavy atom. The summed E-state index contributed by atoms with van der Waals surface area (Å²) in [6.45, 7) is 0. The van der Waals surface area contributed by atoms with Gasteiger partial charge in [-0.15, -0.1) is 11.3 Å². The number of nitrogens with one attached hydrogen (secondary N) is 2. The Hall–Kier alpha value is -1.41. The van der Waals surface area contributed by atoms with E-state index in [2.05, 4.69) is 10.0 Å². The van der Waals surface area contributed by atoms with Crippen molar-refractivity contribution in [2.75, 3.05) is 7.05 Å². The zero-order valence-corrected chi connectivity index (χ0v) is 15.4. The Bertz CT molecular complexity index is 877. The van der Waals surface area contributed by atoms with E-state index >= 15 is 0 Å². The zero-order chi connectivity index (χ0) is 17.3. The van der Waals surface area contributed by atoms with Gasteiger partial charge in [-0.2, -0.15) is 0 Å². The van der Waals surface area contributed by atoms with Crippen molar-refractivity contribution in [2.45, 2.75) is 29.5 Å². The lowest BCUT2D eigenvalue weighted by atomic mass is 9.87. The summed E-state index contributed by atoms with van der Waals surface area (Å²) in [7, 11) is -2.18. The Labute approximate surface area is 150 Å². The third-order valence-corrected chi connectivity index (χ3v) is 7.29. The van der Waals surface area contributed by atoms with E-state index < -0.39 is 10.0 Å². The van der Waals surface area contributed by atoms with Crippen molar-refractivity contribution in [3.63, 3.8) is 0 Å². The first kappa shape index (κ1) is 17.4. The van der Waals surface area contributed by atoms with Gasteiger partial charge in [-0.05, 0) is 61.7 Å². The topological polar surface area (TPSA) is 75.3 Å². The molecule has 0 radical (unpaired) electrons. The number of benzene rings is 1. The summed E-state index contributed by atoms with van der Waals surface area (Å²) in [5, 5.41) is 3.70. The maximum Gasteiger partial charge on any atom is 0.261 e. The van der Waals surface area contributed by atoms with E-state index in [-0.39, 0.29) is 16.2 Å². The van der Waals surface area contributed by atoms with Gasteiger partial charge in [-0.3, -0.25) is 4.79 Å². The van der Waals surface area contributed by atoms with Crippen LogP contribution in [-0.4, -0.2) is 21.4 Å². The summed E-state index contributed by atoms with van der Waals surface area (Å²) in [6, 6.07) is 8.62. The maximum atomic E-state index is 12.5. The summed E-state index contributed by atoms with van der Waals surface area (Å²) >= 11 is 7.00. The average molecular weight is 385 g/mol. The number of hydrogen-bond acceptors (Lipinski definition) is 4. The highest BCUT2D eigenvalue weighted by molar-refractivity contribution is 7.91. The summed E-state index contributed by atoms with van der Waals surface area (Å²) in [6.07, 6.45) is 2.78. The molecule has 5 nitrogen and oxygen atoms in total. The molecular formula is C16H17ClN2O3S2. The highest BCUT2D eigenvalue weighted by atomic mass is 35.5. The van der Waals surface area contributed by atoms with Crippen molar-refractivity contribution in [2.24, 2.45) is 0 Å². The molecule has 1 aliphatic carbocycles. The number of fused-ring (bicyclic) bond motifs is 1. The molecule has 24 heavy (non-hydrogen) atoms. The highest BCUT2D eigenvalue weighted by Crippen LogP contribution is 2.32. The smallest absolute Gasteiger partial charge is 0.261 e. The Morgan fingerprint density at radius 2 is 2.08 bits per heavy atom. The highest BCUT2D eigenvalue weighted by Gasteiger charge is 2.24. The van der Waals surface area contributed by atoms with Crippen LogP contribution in [0, 0.1) is 0 Å². The van der Waals surface area contributed by atoms with Crippen LogP contribution in [0.4, 0.5) is 0 Å². The molecule has 0 fully saturated rings. The van der Waals surface area contributed by atoms with Crippen molar-refractivity contribution in [3.05, 3.63) is 51.4 Å². The molecule has 1 atom stereocenters. The second-order valence-electron chi connectivity index (χ2n) is 5.59. The first-order chi connectivity index (χ1) is 11.4. The van der Waals surface area contributed by atoms with E-state index in [1.807, 2.05) is 18.2 Å². The third-order valence-electron chi connectivity index (χ3n) is 4.06. The molecule has 0 spiro atoms. The van der Waals surface area contributed by atoms with Crippen LogP contribution in [0.2, 0.25) is 5.02 Å². The van der Waals surface area contributed by atoms with Crippen LogP contribution in [0.1, 0.15) is 39.7 Å². The van der Waals surface area contributed by atoms with Crippen LogP contribution in [0.15, 0.2) is 34.5 Å². The van der Waals surface area contributed by atoms with Gasteiger partial charge in [0.1, 0.15) is 4.21 Å². The van der Waals surface area contributed by atoms with Crippen molar-refractivity contribution in [1.29, 1.82) is 0 Å². The monoisotopic (exact) mass is 384 g/mol. The fourth-order valence-corrected chi connectivity index (χ4v) is 5.09. The van der Waals surface area contributed by atoms with E-state index in [1.165, 1.54) is 19.2 Å². The van der Waals surface area contributed by atoms with E-state index in [9.17, 15) is 13.2 Å². The number of sulfonamides is 1. The SMILES string of the molecule is CNS(=O)(=O)c1ccc(C(=O)N[C@H]2CCCc3cc(Cl)ccc32)s1. The molecular weight excluding hydrogens is 368 g/mol. The minimum atomic E-state index is -3.52. The van der Waals surface area contributed by atoms with Gasteiger partial charge in [0.15, 0.2) is 0 Å². The lowest BCUT2D eigenvalue weighted by molar-refractivity contribution is 0.0937. The van der Waals surface area contributed by atoms with E-state index in [4.69, 9.17) is 11.6 Å². The Kier molecular flexibility index (Phi) is 4.96. The lowest BCUT2D eigenvalue weighted by Gasteiger charge is -2.26. The largest absolute Gasteiger partial charge is 0.345 e. The normalized spacial score (nSPS) is 17.3. The number of carbonyl (C=O) groups excluding carboxylic acids is 1. The summed E-state index contributed by atoms with van der Waals surface area (Å²) in [5.74, 6) is -0.259. The second-order valence-corrected chi connectivity index (χ2v) is 9.22. The molecule has 1 amide bonds. The lowest BCUT2D eigenvalue weighted by Crippen LogP contribution is -2.30. The van der Waals surface area contributed by atoms with Crippen LogP contribution in [0.25, 0.3) is 0 Å². The number of carbonyl (C=O) groups is 1. The predicted octanol–water partition coefficient (Wildman–Crippen LogP) is 3.12. The molecule has 0 saturated carbocycles. The Morgan fingerprint density at radius 1 is 1.29 bits per heavy atom. The third kappa shape index (κ3) is 3.49. The maximum absolute atomic E-state index is 12.5. The van der Waals surface area contributed by atoms with Crippen LogP contribution < -0.4 is 10.0 Å². The molecule has 1 aromatic heterocycles. The average Bonchev–Trinajstić information content (AvgIpc) is 3.05. The van der Waals surface area contributed by atoms with E-state index in [0.29, 0.717) is 9.90 Å². The molecule has 1 aliphatic rings. The summed E-state index contributed by atoms with van der Waals surface area (Å²) in [4.78, 5) is 12.9. The van der Waals surface area contributed by atoms with Crippen LogP contribution in [0.3, 0.4) is 0 Å². The number of amides is 1. The fourth-order valence-electron chi connectivity index (χ4n) is 2.85. The molecule has 8 heteroatoms. The molecule has 1 heterocycles. The fraction of sp³-hybridized carbons (Fsp3) is 0.312. The quantitative estimate of drug-likeness (QED) is 0.850. The molecule has 0 bridgehead atoms. The Balaban J connectivity index is 1.79. The molecule has 0 aliphatic heterocycles. The number of halogens is 1. The van der Waals surface area contributed by atoms with Gasteiger partial charge in [-0.1, -0.05) is 17.7 Å². The number of rotatable bonds is 4. The predicted molar refractivity (Wildman–Crippen MR) is 95.2 cm³/mol. The number of hydrogen-bond donors (Lipinski definition) is 2. The molecule has 0 saturated heterocycles. The second kappa shape index (κ2) is 6.84. The van der Waals surface area contributed by atoms with Gasteiger partial charge < -0.3 is 5.32 Å². The minimum Gasteiger partial charge on any atom is -0.345 e. The van der Waals surface area contributed by atoms with Crippen molar-refractivity contribution >= 4 is 38.9 Å². The zero-order valence-electron chi connectivity index (χ0n) is 13.0. The van der Waals surface area contributed by atoms with Gasteiger partial charge in [0.05, 0.1) is 10.9 Å². The first-order valence-corrected chi connectivity index (χ1v) is 10.2. The van der Waals surface area contributed by atoms with E-state index in [0.717, 1.165) is 41.7 Å². The standard InChI is InChI=1S/C16H17ClN2O3S2/c1-18-24(21,22)15-8-7-14(23-15)16(20)19-13-4-2-3-10-9-11(17)5-6-12(10)13/h5-9,13,18H,2-4H2,1H3,(H,19,20)/t13-/m0/s1. The van der Waals surface area contributed by atoms with Gasteiger partial charge in [0.2, 0.25) is 10.0 Å². The van der Waals surface area contributed by atoms with Gasteiger partial charge in [0.25, 0.3) is 5.91 Å². The molecule has 1 aromatic carbocycles. The summed E-state index contributed by atoms with van der Waals surface area (Å²) < 4.78 is 25.9. The molecule has 2 N–H and O–H groups in total. The van der Waals surface area contributed by atoms with E-state index in [1.54, 1.807) is 0 Å². The van der Waals surface area contributed by atoms with Crippen LogP contribution in [0.5, 0.6) is 0 Å². The van der Waals surface area contributed by atoms with Crippen molar-refractivity contribution in [3.8, 4) is 0 Å². The number of aryl methyl sites for hydroxylation is 1. The molecule has 3 rings (SSSR count). The molecule has 128 valence electrons. The summed E-state index contributed by atoms with van der Waals surface area (Å²) in [5.41, 5.74) is 2.24. The molecule has 0 unspecified atom stereocenters.